The molecule has 0 bridgehead atoms. The minimum atomic E-state index is -0.446. The summed E-state index contributed by atoms with van der Waals surface area (Å²) in [5.74, 6) is -0.357. The summed E-state index contributed by atoms with van der Waals surface area (Å²) < 4.78 is 0. The van der Waals surface area contributed by atoms with Crippen LogP contribution in [0.25, 0.3) is 21.7 Å². The molecule has 1 N–H and O–H groups in total. The van der Waals surface area contributed by atoms with Crippen LogP contribution in [-0.2, 0) is 0 Å². The average Bonchev–Trinajstić information content (AvgIpc) is 3.18. The maximum absolute atomic E-state index is 12.6. The molecular formula is C22H14ClN3O3S. The van der Waals surface area contributed by atoms with Crippen LogP contribution in [0.2, 0.25) is 5.02 Å². The number of hydrogen-bond donors (Lipinski definition) is 1. The van der Waals surface area contributed by atoms with Crippen LogP contribution in [0.15, 0.2) is 78.9 Å². The molecule has 4 rings (SSSR count). The Balaban J connectivity index is 1.74. The Hall–Kier alpha value is -3.55. The Morgan fingerprint density at radius 2 is 1.60 bits per heavy atom. The molecule has 0 saturated heterocycles. The van der Waals surface area contributed by atoms with Crippen LogP contribution >= 0.6 is 22.9 Å². The minimum Gasteiger partial charge on any atom is -0.298 e. The third-order valence-electron chi connectivity index (χ3n) is 4.35. The van der Waals surface area contributed by atoms with Gasteiger partial charge in [-0.05, 0) is 29.8 Å². The van der Waals surface area contributed by atoms with Crippen LogP contribution in [0.1, 0.15) is 10.4 Å². The quantitative estimate of drug-likeness (QED) is 0.295. The molecule has 4 aromatic rings. The lowest BCUT2D eigenvalue weighted by Gasteiger charge is -2.03. The van der Waals surface area contributed by atoms with Gasteiger partial charge in [-0.3, -0.25) is 20.2 Å². The fourth-order valence-electron chi connectivity index (χ4n) is 2.91. The van der Waals surface area contributed by atoms with Crippen molar-refractivity contribution in [2.75, 3.05) is 5.32 Å². The fraction of sp³-hybridized carbons (Fsp3) is 0. The van der Waals surface area contributed by atoms with E-state index in [1.807, 2.05) is 30.3 Å². The van der Waals surface area contributed by atoms with Crippen molar-refractivity contribution in [1.29, 1.82) is 0 Å². The number of halogens is 1. The highest BCUT2D eigenvalue weighted by Crippen LogP contribution is 2.39. The Bertz CT molecular complexity index is 1220. The molecule has 3 aromatic carbocycles. The lowest BCUT2D eigenvalue weighted by Crippen LogP contribution is -2.12. The van der Waals surface area contributed by atoms with Crippen LogP contribution in [0.3, 0.4) is 0 Å². The van der Waals surface area contributed by atoms with Crippen molar-refractivity contribution in [2.24, 2.45) is 0 Å². The summed E-state index contributed by atoms with van der Waals surface area (Å²) in [7, 11) is 0. The van der Waals surface area contributed by atoms with Crippen LogP contribution in [-0.4, -0.2) is 15.8 Å². The van der Waals surface area contributed by atoms with Crippen molar-refractivity contribution < 1.29 is 9.72 Å². The third kappa shape index (κ3) is 4.07. The highest BCUT2D eigenvalue weighted by molar-refractivity contribution is 7.19. The monoisotopic (exact) mass is 435 g/mol. The largest absolute Gasteiger partial charge is 0.298 e. The molecular weight excluding hydrogens is 422 g/mol. The van der Waals surface area contributed by atoms with Gasteiger partial charge in [-0.2, -0.15) is 0 Å². The molecule has 0 atom stereocenters. The van der Waals surface area contributed by atoms with Crippen molar-refractivity contribution in [2.45, 2.75) is 0 Å². The van der Waals surface area contributed by atoms with Crippen molar-refractivity contribution >= 4 is 39.7 Å². The van der Waals surface area contributed by atoms with Crippen LogP contribution in [0.4, 0.5) is 10.8 Å². The number of amides is 1. The minimum absolute atomic E-state index is 0.00230. The van der Waals surface area contributed by atoms with Gasteiger partial charge in [-0.1, -0.05) is 65.4 Å². The SMILES string of the molecule is O=C(Nc1nc(-c2ccc([N+](=O)[O-])cc2)c(-c2ccccc2)s1)c1ccccc1Cl. The summed E-state index contributed by atoms with van der Waals surface area (Å²) in [6.07, 6.45) is 0. The molecule has 0 fully saturated rings. The fourth-order valence-corrected chi connectivity index (χ4v) is 4.11. The second-order valence-corrected chi connectivity index (χ2v) is 7.71. The van der Waals surface area contributed by atoms with Gasteiger partial charge in [0, 0.05) is 17.7 Å². The highest BCUT2D eigenvalue weighted by Gasteiger charge is 2.18. The number of anilines is 1. The Morgan fingerprint density at radius 1 is 0.933 bits per heavy atom. The molecule has 0 aliphatic carbocycles. The molecule has 0 unspecified atom stereocenters. The van der Waals surface area contributed by atoms with Gasteiger partial charge in [0.15, 0.2) is 5.13 Å². The standard InChI is InChI=1S/C22H14ClN3O3S/c23-18-9-5-4-8-17(18)21(27)25-22-24-19(14-10-12-16(13-11-14)26(28)29)20(30-22)15-6-2-1-3-7-15/h1-13H,(H,24,25,27). The second kappa shape index (κ2) is 8.44. The van der Waals surface area contributed by atoms with Crippen LogP contribution < -0.4 is 5.32 Å². The second-order valence-electron chi connectivity index (χ2n) is 6.30. The highest BCUT2D eigenvalue weighted by atomic mass is 35.5. The third-order valence-corrected chi connectivity index (χ3v) is 5.70. The lowest BCUT2D eigenvalue weighted by atomic mass is 10.1. The number of hydrogen-bond acceptors (Lipinski definition) is 5. The Kier molecular flexibility index (Phi) is 5.56. The van der Waals surface area contributed by atoms with Gasteiger partial charge >= 0.3 is 0 Å². The zero-order valence-corrected chi connectivity index (χ0v) is 17.0. The van der Waals surface area contributed by atoms with Crippen LogP contribution in [0.5, 0.6) is 0 Å². The maximum Gasteiger partial charge on any atom is 0.269 e. The van der Waals surface area contributed by atoms with Gasteiger partial charge in [-0.25, -0.2) is 4.98 Å². The van der Waals surface area contributed by atoms with Gasteiger partial charge in [0.05, 0.1) is 26.1 Å². The van der Waals surface area contributed by atoms with Gasteiger partial charge in [0.1, 0.15) is 0 Å². The molecule has 30 heavy (non-hydrogen) atoms. The summed E-state index contributed by atoms with van der Waals surface area (Å²) in [6, 6.07) is 22.6. The topological polar surface area (TPSA) is 85.1 Å². The summed E-state index contributed by atoms with van der Waals surface area (Å²) in [5.41, 5.74) is 2.64. The molecule has 0 spiro atoms. The van der Waals surface area contributed by atoms with E-state index in [0.717, 1.165) is 10.4 Å². The van der Waals surface area contributed by atoms with Crippen LogP contribution in [0, 0.1) is 10.1 Å². The number of thiazole rings is 1. The molecule has 1 aromatic heterocycles. The molecule has 148 valence electrons. The summed E-state index contributed by atoms with van der Waals surface area (Å²) >= 11 is 7.45. The van der Waals surface area contributed by atoms with E-state index in [0.29, 0.717) is 27.0 Å². The molecule has 1 heterocycles. The maximum atomic E-state index is 12.6. The molecule has 0 aliphatic heterocycles. The van der Waals surface area contributed by atoms with E-state index in [9.17, 15) is 14.9 Å². The van der Waals surface area contributed by atoms with E-state index in [4.69, 9.17) is 11.6 Å². The molecule has 6 nitrogen and oxygen atoms in total. The first kappa shape index (κ1) is 19.8. The lowest BCUT2D eigenvalue weighted by molar-refractivity contribution is -0.384. The van der Waals surface area contributed by atoms with Gasteiger partial charge in [0.2, 0.25) is 0 Å². The smallest absolute Gasteiger partial charge is 0.269 e. The number of aromatic nitrogens is 1. The molecule has 0 aliphatic rings. The van der Waals surface area contributed by atoms with Crippen molar-refractivity contribution in [3.05, 3.63) is 99.6 Å². The number of non-ortho nitro benzene ring substituents is 1. The average molecular weight is 436 g/mol. The Labute approximate surface area is 180 Å². The first-order valence-electron chi connectivity index (χ1n) is 8.90. The molecule has 0 saturated carbocycles. The number of carbonyl (C=O) groups is 1. The van der Waals surface area contributed by atoms with Gasteiger partial charge < -0.3 is 0 Å². The number of benzene rings is 3. The Morgan fingerprint density at radius 3 is 2.27 bits per heavy atom. The van der Waals surface area contributed by atoms with E-state index >= 15 is 0 Å². The first-order valence-corrected chi connectivity index (χ1v) is 10.1. The van der Waals surface area contributed by atoms with E-state index in [2.05, 4.69) is 10.3 Å². The first-order chi connectivity index (χ1) is 14.5. The van der Waals surface area contributed by atoms with Gasteiger partial charge in [0.25, 0.3) is 11.6 Å². The van der Waals surface area contributed by atoms with Crippen molar-refractivity contribution in [1.82, 2.24) is 4.98 Å². The van der Waals surface area contributed by atoms with E-state index in [1.165, 1.54) is 23.5 Å². The van der Waals surface area contributed by atoms with E-state index in [-0.39, 0.29) is 11.6 Å². The normalized spacial score (nSPS) is 10.6. The number of nitro groups is 1. The number of rotatable bonds is 5. The number of nitrogens with zero attached hydrogens (tertiary/aromatic N) is 2. The zero-order valence-electron chi connectivity index (χ0n) is 15.4. The molecule has 8 heteroatoms. The number of nitro benzene ring substituents is 1. The predicted octanol–water partition coefficient (Wildman–Crippen LogP) is 6.29. The van der Waals surface area contributed by atoms with Crippen molar-refractivity contribution in [3.63, 3.8) is 0 Å². The molecule has 1 amide bonds. The summed E-state index contributed by atoms with van der Waals surface area (Å²) in [4.78, 5) is 28.6. The van der Waals surface area contributed by atoms with E-state index < -0.39 is 4.92 Å². The zero-order chi connectivity index (χ0) is 21.1. The summed E-state index contributed by atoms with van der Waals surface area (Å²) in [5, 5.41) is 14.5. The number of nitrogens with one attached hydrogen (secondary N) is 1. The molecule has 0 radical (unpaired) electrons. The number of carbonyl (C=O) groups excluding carboxylic acids is 1. The predicted molar refractivity (Wildman–Crippen MR) is 119 cm³/mol. The van der Waals surface area contributed by atoms with Gasteiger partial charge in [-0.15, -0.1) is 0 Å². The summed E-state index contributed by atoms with van der Waals surface area (Å²) in [6.45, 7) is 0. The van der Waals surface area contributed by atoms with E-state index in [1.54, 1.807) is 36.4 Å². The van der Waals surface area contributed by atoms with Crippen molar-refractivity contribution in [3.8, 4) is 21.7 Å².